The molecule has 1 N–H and O–H groups in total. The molecule has 0 heterocycles. The summed E-state index contributed by atoms with van der Waals surface area (Å²) in [6.07, 6.45) is 16.2. The number of carboxylic acid groups (broad SMARTS) is 1. The molecular formula is C13H20O2. The quantitative estimate of drug-likeness (QED) is 0.617. The molecule has 0 radical (unpaired) electrons. The fourth-order valence-corrected chi connectivity index (χ4v) is 1.03. The smallest absolute Gasteiger partial charge is 0.303 e. The minimum Gasteiger partial charge on any atom is -0.481 e. The first kappa shape index (κ1) is 13.7. The molecule has 0 aromatic heterocycles. The second-order valence-corrected chi connectivity index (χ2v) is 3.23. The maximum Gasteiger partial charge on any atom is 0.303 e. The van der Waals surface area contributed by atoms with Crippen LogP contribution in [0.15, 0.2) is 36.5 Å². The Hall–Kier alpha value is -1.31. The number of rotatable bonds is 8. The van der Waals surface area contributed by atoms with Gasteiger partial charge in [-0.2, -0.15) is 0 Å². The van der Waals surface area contributed by atoms with E-state index in [-0.39, 0.29) is 6.42 Å². The Labute approximate surface area is 92.0 Å². The van der Waals surface area contributed by atoms with Crippen molar-refractivity contribution in [1.82, 2.24) is 0 Å². The van der Waals surface area contributed by atoms with Crippen LogP contribution in [0.4, 0.5) is 0 Å². The van der Waals surface area contributed by atoms with E-state index in [0.717, 1.165) is 19.3 Å². The Balaban J connectivity index is 3.36. The molecule has 0 aromatic rings. The van der Waals surface area contributed by atoms with E-state index < -0.39 is 5.97 Å². The molecule has 0 saturated carbocycles. The summed E-state index contributed by atoms with van der Waals surface area (Å²) in [5.74, 6) is -0.736. The van der Waals surface area contributed by atoms with E-state index in [2.05, 4.69) is 31.2 Å². The van der Waals surface area contributed by atoms with Crippen LogP contribution in [0.25, 0.3) is 0 Å². The third-order valence-corrected chi connectivity index (χ3v) is 1.80. The van der Waals surface area contributed by atoms with Crippen molar-refractivity contribution in [3.05, 3.63) is 36.5 Å². The largest absolute Gasteiger partial charge is 0.481 e. The molecule has 0 amide bonds. The van der Waals surface area contributed by atoms with Crippen LogP contribution in [0.1, 0.15) is 39.0 Å². The van der Waals surface area contributed by atoms with Gasteiger partial charge in [0.2, 0.25) is 0 Å². The Bertz CT molecular complexity index is 237. The molecule has 0 spiro atoms. The zero-order chi connectivity index (χ0) is 11.4. The monoisotopic (exact) mass is 208 g/mol. The molecule has 15 heavy (non-hydrogen) atoms. The van der Waals surface area contributed by atoms with Gasteiger partial charge < -0.3 is 5.11 Å². The average Bonchev–Trinajstić information content (AvgIpc) is 2.20. The van der Waals surface area contributed by atoms with Crippen molar-refractivity contribution in [2.75, 3.05) is 0 Å². The fourth-order valence-electron chi connectivity index (χ4n) is 1.03. The lowest BCUT2D eigenvalue weighted by atomic mass is 10.2. The minimum atomic E-state index is -0.736. The van der Waals surface area contributed by atoms with Crippen LogP contribution in [0.5, 0.6) is 0 Å². The maximum absolute atomic E-state index is 10.2. The fraction of sp³-hybridized carbons (Fsp3) is 0.462. The van der Waals surface area contributed by atoms with Crippen molar-refractivity contribution in [3.8, 4) is 0 Å². The first-order chi connectivity index (χ1) is 7.27. The number of carboxylic acids is 1. The van der Waals surface area contributed by atoms with Crippen LogP contribution in [-0.4, -0.2) is 11.1 Å². The second kappa shape index (κ2) is 10.8. The van der Waals surface area contributed by atoms with Crippen molar-refractivity contribution >= 4 is 5.97 Å². The molecule has 0 aliphatic heterocycles. The summed E-state index contributed by atoms with van der Waals surface area (Å²) < 4.78 is 0. The van der Waals surface area contributed by atoms with Crippen molar-refractivity contribution in [1.29, 1.82) is 0 Å². The van der Waals surface area contributed by atoms with E-state index in [1.807, 2.05) is 12.2 Å². The second-order valence-electron chi connectivity index (χ2n) is 3.23. The van der Waals surface area contributed by atoms with Gasteiger partial charge in [-0.05, 0) is 25.7 Å². The summed E-state index contributed by atoms with van der Waals surface area (Å²) in [6, 6.07) is 0. The van der Waals surface area contributed by atoms with Gasteiger partial charge in [-0.25, -0.2) is 0 Å². The van der Waals surface area contributed by atoms with E-state index in [4.69, 9.17) is 5.11 Å². The normalized spacial score (nSPS) is 12.1. The predicted molar refractivity (Wildman–Crippen MR) is 63.8 cm³/mol. The lowest BCUT2D eigenvalue weighted by molar-refractivity contribution is -0.136. The summed E-state index contributed by atoms with van der Waals surface area (Å²) in [7, 11) is 0. The number of hydrogen-bond acceptors (Lipinski definition) is 1. The van der Waals surface area contributed by atoms with Gasteiger partial charge in [-0.3, -0.25) is 4.79 Å². The van der Waals surface area contributed by atoms with E-state index in [9.17, 15) is 4.79 Å². The van der Waals surface area contributed by atoms with Crippen LogP contribution in [0.3, 0.4) is 0 Å². The molecule has 0 rings (SSSR count). The molecule has 0 saturated heterocycles. The van der Waals surface area contributed by atoms with Gasteiger partial charge in [0.05, 0.1) is 0 Å². The number of aliphatic carboxylic acids is 1. The number of allylic oxidation sites excluding steroid dienone is 6. The lowest BCUT2D eigenvalue weighted by Gasteiger charge is -1.86. The SMILES string of the molecule is CC/C=C\C/C=C\C/C=C\CCC(=O)O. The van der Waals surface area contributed by atoms with Gasteiger partial charge in [0.1, 0.15) is 0 Å². The Kier molecular flexibility index (Phi) is 9.83. The summed E-state index contributed by atoms with van der Waals surface area (Å²) >= 11 is 0. The Morgan fingerprint density at radius 3 is 2.07 bits per heavy atom. The van der Waals surface area contributed by atoms with E-state index in [1.54, 1.807) is 0 Å². The molecule has 0 fully saturated rings. The highest BCUT2D eigenvalue weighted by Crippen LogP contribution is 1.95. The third kappa shape index (κ3) is 12.7. The molecule has 2 nitrogen and oxygen atoms in total. The topological polar surface area (TPSA) is 37.3 Å². The summed E-state index contributed by atoms with van der Waals surface area (Å²) in [5.41, 5.74) is 0. The van der Waals surface area contributed by atoms with Gasteiger partial charge >= 0.3 is 5.97 Å². The predicted octanol–water partition coefficient (Wildman–Crippen LogP) is 3.71. The zero-order valence-corrected chi connectivity index (χ0v) is 9.36. The van der Waals surface area contributed by atoms with Crippen LogP contribution in [0, 0.1) is 0 Å². The lowest BCUT2D eigenvalue weighted by Crippen LogP contribution is -1.91. The van der Waals surface area contributed by atoms with Crippen molar-refractivity contribution < 1.29 is 9.90 Å². The minimum absolute atomic E-state index is 0.222. The summed E-state index contributed by atoms with van der Waals surface area (Å²) in [4.78, 5) is 10.2. The van der Waals surface area contributed by atoms with Crippen molar-refractivity contribution in [2.45, 2.75) is 39.0 Å². The first-order valence-electron chi connectivity index (χ1n) is 5.44. The highest BCUT2D eigenvalue weighted by atomic mass is 16.4. The van der Waals surface area contributed by atoms with Gasteiger partial charge in [-0.1, -0.05) is 43.4 Å². The first-order valence-corrected chi connectivity index (χ1v) is 5.44. The van der Waals surface area contributed by atoms with E-state index in [1.165, 1.54) is 0 Å². The zero-order valence-electron chi connectivity index (χ0n) is 9.36. The molecule has 0 bridgehead atoms. The Morgan fingerprint density at radius 1 is 1.00 bits per heavy atom. The summed E-state index contributed by atoms with van der Waals surface area (Å²) in [5, 5.41) is 8.38. The molecule has 84 valence electrons. The third-order valence-electron chi connectivity index (χ3n) is 1.80. The number of hydrogen-bond donors (Lipinski definition) is 1. The highest BCUT2D eigenvalue weighted by Gasteiger charge is 1.90. The van der Waals surface area contributed by atoms with Crippen molar-refractivity contribution in [3.63, 3.8) is 0 Å². The van der Waals surface area contributed by atoms with Gasteiger partial charge in [0.15, 0.2) is 0 Å². The van der Waals surface area contributed by atoms with Crippen LogP contribution >= 0.6 is 0 Å². The number of carbonyl (C=O) groups is 1. The van der Waals surface area contributed by atoms with Gasteiger partial charge in [0.25, 0.3) is 0 Å². The maximum atomic E-state index is 10.2. The van der Waals surface area contributed by atoms with Crippen molar-refractivity contribution in [2.24, 2.45) is 0 Å². The molecule has 0 aliphatic rings. The highest BCUT2D eigenvalue weighted by molar-refractivity contribution is 5.66. The van der Waals surface area contributed by atoms with E-state index in [0.29, 0.717) is 6.42 Å². The Morgan fingerprint density at radius 2 is 1.53 bits per heavy atom. The van der Waals surface area contributed by atoms with Gasteiger partial charge in [-0.15, -0.1) is 0 Å². The molecule has 0 aromatic carbocycles. The van der Waals surface area contributed by atoms with Crippen LogP contribution in [0.2, 0.25) is 0 Å². The van der Waals surface area contributed by atoms with Gasteiger partial charge in [0, 0.05) is 6.42 Å². The molecule has 0 aliphatic carbocycles. The molecule has 0 unspecified atom stereocenters. The average molecular weight is 208 g/mol. The molecular weight excluding hydrogens is 188 g/mol. The van der Waals surface area contributed by atoms with Crippen LogP contribution in [-0.2, 0) is 4.79 Å². The van der Waals surface area contributed by atoms with Crippen LogP contribution < -0.4 is 0 Å². The molecule has 2 heteroatoms. The standard InChI is InChI=1S/C13H20O2/c1-2-3-4-5-6-7-8-9-10-11-12-13(14)15/h3-4,6-7,9-10H,2,5,8,11-12H2,1H3,(H,14,15)/b4-3-,7-6-,10-9-. The van der Waals surface area contributed by atoms with E-state index >= 15 is 0 Å². The summed E-state index contributed by atoms with van der Waals surface area (Å²) in [6.45, 7) is 2.12. The molecule has 0 atom stereocenters.